The van der Waals surface area contributed by atoms with Gasteiger partial charge in [0.2, 0.25) is 0 Å². The second-order valence-corrected chi connectivity index (χ2v) is 8.83. The molecule has 2 N–H and O–H groups in total. The molecule has 1 amide bonds. The molecule has 0 aliphatic carbocycles. The number of aromatic nitrogens is 1. The summed E-state index contributed by atoms with van der Waals surface area (Å²) >= 11 is 1.30. The number of rotatable bonds is 6. The topological polar surface area (TPSA) is 88.2 Å². The van der Waals surface area contributed by atoms with Crippen molar-refractivity contribution in [2.24, 2.45) is 0 Å². The lowest BCUT2D eigenvalue weighted by Gasteiger charge is -2.12. The highest BCUT2D eigenvalue weighted by molar-refractivity contribution is 7.92. The lowest BCUT2D eigenvalue weighted by Crippen LogP contribution is -2.18. The Morgan fingerprint density at radius 2 is 1.79 bits per heavy atom. The largest absolute Gasteiger partial charge is 0.298 e. The summed E-state index contributed by atoms with van der Waals surface area (Å²) in [5.41, 5.74) is 1.13. The molecule has 0 saturated heterocycles. The summed E-state index contributed by atoms with van der Waals surface area (Å²) in [6.45, 7) is 4.00. The monoisotopic (exact) mass is 419 g/mol. The minimum absolute atomic E-state index is 0.106. The van der Waals surface area contributed by atoms with Crippen molar-refractivity contribution in [3.63, 3.8) is 0 Å². The summed E-state index contributed by atoms with van der Waals surface area (Å²) in [6.07, 6.45) is 0. The lowest BCUT2D eigenvalue weighted by atomic mass is 10.1. The van der Waals surface area contributed by atoms with E-state index >= 15 is 0 Å². The van der Waals surface area contributed by atoms with E-state index < -0.39 is 21.7 Å². The molecule has 0 fully saturated rings. The van der Waals surface area contributed by atoms with Crippen molar-refractivity contribution in [3.05, 3.63) is 71.0 Å². The molecule has 3 rings (SSSR count). The fourth-order valence-corrected chi connectivity index (χ4v) is 4.31. The van der Waals surface area contributed by atoms with Gasteiger partial charge in [-0.25, -0.2) is 17.8 Å². The summed E-state index contributed by atoms with van der Waals surface area (Å²) in [4.78, 5) is 16.9. The summed E-state index contributed by atoms with van der Waals surface area (Å²) in [6, 6.07) is 10.7. The number of anilines is 2. The number of benzene rings is 2. The first-order valence-corrected chi connectivity index (χ1v) is 10.8. The molecule has 0 saturated carbocycles. The number of hydrogen-bond acceptors (Lipinski definition) is 5. The molecule has 0 aliphatic rings. The quantitative estimate of drug-likeness (QED) is 0.617. The average molecular weight is 420 g/mol. The zero-order valence-electron chi connectivity index (χ0n) is 15.1. The van der Waals surface area contributed by atoms with Crippen LogP contribution < -0.4 is 10.0 Å². The highest BCUT2D eigenvalue weighted by Crippen LogP contribution is 2.24. The van der Waals surface area contributed by atoms with Gasteiger partial charge in [-0.2, -0.15) is 0 Å². The molecule has 0 bridgehead atoms. The zero-order valence-corrected chi connectivity index (χ0v) is 16.8. The number of halogens is 1. The molecule has 3 aromatic rings. The Labute approximate surface area is 166 Å². The summed E-state index contributed by atoms with van der Waals surface area (Å²) in [5.74, 6) is -0.790. The average Bonchev–Trinajstić information content (AvgIpc) is 3.11. The number of hydrogen-bond donors (Lipinski definition) is 2. The van der Waals surface area contributed by atoms with E-state index in [1.165, 1.54) is 23.5 Å². The molecule has 9 heteroatoms. The summed E-state index contributed by atoms with van der Waals surface area (Å²) < 4.78 is 40.5. The van der Waals surface area contributed by atoms with Gasteiger partial charge in [0.15, 0.2) is 5.13 Å². The lowest BCUT2D eigenvalue weighted by molar-refractivity contribution is 0.102. The van der Waals surface area contributed by atoms with Gasteiger partial charge in [0.1, 0.15) is 5.82 Å². The van der Waals surface area contributed by atoms with Gasteiger partial charge in [-0.15, -0.1) is 11.3 Å². The molecule has 0 radical (unpaired) electrons. The van der Waals surface area contributed by atoms with Crippen molar-refractivity contribution in [2.45, 2.75) is 24.7 Å². The van der Waals surface area contributed by atoms with E-state index in [2.05, 4.69) is 15.0 Å². The molecule has 0 unspecified atom stereocenters. The number of carbonyl (C=O) groups excluding carboxylic acids is 1. The van der Waals surface area contributed by atoms with Gasteiger partial charge in [-0.1, -0.05) is 26.0 Å². The summed E-state index contributed by atoms with van der Waals surface area (Å²) in [5, 5.41) is 4.99. The number of carbonyl (C=O) groups is 1. The normalized spacial score (nSPS) is 11.4. The van der Waals surface area contributed by atoms with Gasteiger partial charge < -0.3 is 0 Å². The maximum atomic E-state index is 13.1. The molecular formula is C19H18FN3O3S2. The van der Waals surface area contributed by atoms with Crippen LogP contribution in [0.4, 0.5) is 15.2 Å². The minimum Gasteiger partial charge on any atom is -0.298 e. The molecule has 1 aromatic heterocycles. The summed E-state index contributed by atoms with van der Waals surface area (Å²) in [7, 11) is -3.98. The van der Waals surface area contributed by atoms with E-state index in [4.69, 9.17) is 0 Å². The minimum atomic E-state index is -3.98. The van der Waals surface area contributed by atoms with Crippen LogP contribution in [-0.4, -0.2) is 19.3 Å². The van der Waals surface area contributed by atoms with Crippen LogP contribution in [-0.2, 0) is 10.0 Å². The van der Waals surface area contributed by atoms with Crippen LogP contribution in [0.1, 0.15) is 35.8 Å². The molecular weight excluding hydrogens is 401 g/mol. The standard InChI is InChI=1S/C19H18FN3O3S2/c1-12(2)17-11-27-19(21-17)22-18(24)15-5-3-4-6-16(15)23-28(25,26)14-9-7-13(20)8-10-14/h3-12,23H,1-2H3,(H,21,22,24). The van der Waals surface area contributed by atoms with Crippen LogP contribution in [0.25, 0.3) is 0 Å². The third kappa shape index (κ3) is 4.55. The third-order valence-electron chi connectivity index (χ3n) is 3.87. The first-order valence-electron chi connectivity index (χ1n) is 8.40. The van der Waals surface area contributed by atoms with E-state index in [0.29, 0.717) is 5.13 Å². The molecule has 28 heavy (non-hydrogen) atoms. The Morgan fingerprint density at radius 1 is 1.11 bits per heavy atom. The van der Waals surface area contributed by atoms with Gasteiger partial charge in [-0.05, 0) is 42.3 Å². The maximum Gasteiger partial charge on any atom is 0.261 e. The maximum absolute atomic E-state index is 13.1. The van der Waals surface area contributed by atoms with Crippen LogP contribution in [0.2, 0.25) is 0 Å². The first kappa shape index (κ1) is 20.0. The van der Waals surface area contributed by atoms with E-state index in [1.807, 2.05) is 19.2 Å². The Bertz CT molecular complexity index is 1090. The molecule has 0 spiro atoms. The predicted molar refractivity (Wildman–Crippen MR) is 108 cm³/mol. The van der Waals surface area contributed by atoms with Gasteiger partial charge >= 0.3 is 0 Å². The number of sulfonamides is 1. The van der Waals surface area contributed by atoms with Crippen LogP contribution >= 0.6 is 11.3 Å². The molecule has 6 nitrogen and oxygen atoms in total. The first-order chi connectivity index (χ1) is 13.3. The second-order valence-electron chi connectivity index (χ2n) is 6.29. The zero-order chi connectivity index (χ0) is 20.3. The van der Waals surface area contributed by atoms with Crippen LogP contribution in [0.15, 0.2) is 58.8 Å². The van der Waals surface area contributed by atoms with Crippen molar-refractivity contribution in [3.8, 4) is 0 Å². The van der Waals surface area contributed by atoms with Crippen molar-refractivity contribution in [1.29, 1.82) is 0 Å². The number of para-hydroxylation sites is 1. The molecule has 1 heterocycles. The number of nitrogens with zero attached hydrogens (tertiary/aromatic N) is 1. The van der Waals surface area contributed by atoms with E-state index in [-0.39, 0.29) is 22.1 Å². The SMILES string of the molecule is CC(C)c1csc(NC(=O)c2ccccc2NS(=O)(=O)c2ccc(F)cc2)n1. The number of thiazole rings is 1. The van der Waals surface area contributed by atoms with Crippen LogP contribution in [0.3, 0.4) is 0 Å². The van der Waals surface area contributed by atoms with E-state index in [0.717, 1.165) is 30.0 Å². The van der Waals surface area contributed by atoms with Gasteiger partial charge in [-0.3, -0.25) is 14.8 Å². The van der Waals surface area contributed by atoms with Crippen LogP contribution in [0, 0.1) is 5.82 Å². The smallest absolute Gasteiger partial charge is 0.261 e. The molecule has 146 valence electrons. The van der Waals surface area contributed by atoms with E-state index in [1.54, 1.807) is 12.1 Å². The number of amides is 1. The van der Waals surface area contributed by atoms with Crippen molar-refractivity contribution < 1.29 is 17.6 Å². The van der Waals surface area contributed by atoms with Gasteiger partial charge in [0.25, 0.3) is 15.9 Å². The second kappa shape index (κ2) is 8.07. The Hall–Kier alpha value is -2.78. The molecule has 2 aromatic carbocycles. The highest BCUT2D eigenvalue weighted by atomic mass is 32.2. The fourth-order valence-electron chi connectivity index (χ4n) is 2.36. The highest BCUT2D eigenvalue weighted by Gasteiger charge is 2.19. The Balaban J connectivity index is 1.84. The van der Waals surface area contributed by atoms with Gasteiger partial charge in [0.05, 0.1) is 21.8 Å². The predicted octanol–water partition coefficient (Wildman–Crippen LogP) is 4.46. The Kier molecular flexibility index (Phi) is 5.76. The fraction of sp³-hybridized carbons (Fsp3) is 0.158. The molecule has 0 atom stereocenters. The van der Waals surface area contributed by atoms with Crippen molar-refractivity contribution in [1.82, 2.24) is 4.98 Å². The number of nitrogens with one attached hydrogen (secondary N) is 2. The van der Waals surface area contributed by atoms with E-state index in [9.17, 15) is 17.6 Å². The van der Waals surface area contributed by atoms with Gasteiger partial charge in [0, 0.05) is 5.38 Å². The third-order valence-corrected chi connectivity index (χ3v) is 6.03. The molecule has 0 aliphatic heterocycles. The van der Waals surface area contributed by atoms with Crippen molar-refractivity contribution >= 4 is 38.1 Å². The van der Waals surface area contributed by atoms with Crippen LogP contribution in [0.5, 0.6) is 0 Å². The Morgan fingerprint density at radius 3 is 2.43 bits per heavy atom. The van der Waals surface area contributed by atoms with Crippen molar-refractivity contribution in [2.75, 3.05) is 10.0 Å².